The molecule has 21 heavy (non-hydrogen) atoms. The number of nitrogens with zero attached hydrogens (tertiary/aromatic N) is 1. The van der Waals surface area contributed by atoms with E-state index in [2.05, 4.69) is 29.1 Å². The maximum Gasteiger partial charge on any atom is 0.252 e. The first kappa shape index (κ1) is 15.5. The van der Waals surface area contributed by atoms with Crippen LogP contribution in [-0.4, -0.2) is 56.7 Å². The highest BCUT2D eigenvalue weighted by atomic mass is 16.5. The fourth-order valence-electron chi connectivity index (χ4n) is 2.23. The fraction of sp³-hybridized carbons (Fsp3) is 0.438. The highest BCUT2D eigenvalue weighted by Gasteiger charge is 2.19. The number of morpholine rings is 1. The van der Waals surface area contributed by atoms with Crippen LogP contribution in [0.1, 0.15) is 15.9 Å². The van der Waals surface area contributed by atoms with Crippen molar-refractivity contribution in [2.45, 2.75) is 6.10 Å². The summed E-state index contributed by atoms with van der Waals surface area (Å²) in [5, 5.41) is 2.92. The molecule has 1 saturated heterocycles. The van der Waals surface area contributed by atoms with E-state index in [1.807, 2.05) is 18.2 Å². The molecule has 0 radical (unpaired) electrons. The predicted molar refractivity (Wildman–Crippen MR) is 81.9 cm³/mol. The van der Waals surface area contributed by atoms with E-state index in [-0.39, 0.29) is 18.6 Å². The minimum absolute atomic E-state index is 0.0370. The van der Waals surface area contributed by atoms with Crippen molar-refractivity contribution >= 4 is 5.91 Å². The van der Waals surface area contributed by atoms with Crippen LogP contribution < -0.4 is 11.1 Å². The minimum atomic E-state index is -0.131. The number of carbonyl (C=O) groups excluding carboxylic acids is 1. The molecule has 1 fully saturated rings. The van der Waals surface area contributed by atoms with E-state index in [1.54, 1.807) is 6.07 Å². The molecule has 112 valence electrons. The number of ether oxygens (including phenoxy) is 1. The average Bonchev–Trinajstić information content (AvgIpc) is 2.51. The molecule has 1 atom stereocenters. The Hall–Kier alpha value is -1.87. The molecule has 1 aromatic carbocycles. The topological polar surface area (TPSA) is 67.6 Å². The zero-order valence-electron chi connectivity index (χ0n) is 12.3. The van der Waals surface area contributed by atoms with Crippen LogP contribution in [0.3, 0.4) is 0 Å². The lowest BCUT2D eigenvalue weighted by Gasteiger charge is -2.30. The monoisotopic (exact) mass is 287 g/mol. The van der Waals surface area contributed by atoms with E-state index in [1.165, 1.54) is 0 Å². The van der Waals surface area contributed by atoms with Gasteiger partial charge in [0.2, 0.25) is 0 Å². The SMILES string of the molecule is CN1CCOC(CNC(=O)c2ccccc2C#CCN)C1. The molecule has 1 aliphatic heterocycles. The first-order chi connectivity index (χ1) is 10.2. The smallest absolute Gasteiger partial charge is 0.252 e. The van der Waals surface area contributed by atoms with E-state index in [4.69, 9.17) is 10.5 Å². The molecular weight excluding hydrogens is 266 g/mol. The van der Waals surface area contributed by atoms with Gasteiger partial charge in [-0.3, -0.25) is 4.79 Å². The van der Waals surface area contributed by atoms with Crippen molar-refractivity contribution in [3.8, 4) is 11.8 Å². The van der Waals surface area contributed by atoms with Gasteiger partial charge in [-0.15, -0.1) is 0 Å². The number of hydrogen-bond acceptors (Lipinski definition) is 4. The standard InChI is InChI=1S/C16H21N3O2/c1-19-9-10-21-14(12-19)11-18-16(20)15-7-3-2-5-13(15)6-4-8-17/h2-3,5,7,14H,8-12,17H2,1H3,(H,18,20). The molecule has 2 rings (SSSR count). The second kappa shape index (κ2) is 7.79. The normalized spacial score (nSPS) is 18.7. The Bertz CT molecular complexity index is 548. The van der Waals surface area contributed by atoms with Crippen LogP contribution in [0.5, 0.6) is 0 Å². The number of nitrogens with two attached hydrogens (primary N) is 1. The molecular formula is C16H21N3O2. The van der Waals surface area contributed by atoms with Crippen molar-refractivity contribution in [1.82, 2.24) is 10.2 Å². The fourth-order valence-corrected chi connectivity index (χ4v) is 2.23. The highest BCUT2D eigenvalue weighted by molar-refractivity contribution is 5.96. The van der Waals surface area contributed by atoms with Gasteiger partial charge in [0.05, 0.1) is 24.8 Å². The molecule has 0 aliphatic carbocycles. The van der Waals surface area contributed by atoms with Crippen LogP contribution in [0, 0.1) is 11.8 Å². The maximum absolute atomic E-state index is 12.3. The van der Waals surface area contributed by atoms with Crippen LogP contribution >= 0.6 is 0 Å². The van der Waals surface area contributed by atoms with Crippen LogP contribution in [0.2, 0.25) is 0 Å². The van der Waals surface area contributed by atoms with E-state index in [0.29, 0.717) is 24.3 Å². The third kappa shape index (κ3) is 4.57. The van der Waals surface area contributed by atoms with Gasteiger partial charge in [-0.05, 0) is 19.2 Å². The summed E-state index contributed by atoms with van der Waals surface area (Å²) in [6.45, 7) is 3.24. The van der Waals surface area contributed by atoms with Crippen LogP contribution in [0.15, 0.2) is 24.3 Å². The van der Waals surface area contributed by atoms with Crippen molar-refractivity contribution in [2.75, 3.05) is 39.8 Å². The van der Waals surface area contributed by atoms with Gasteiger partial charge in [-0.1, -0.05) is 24.0 Å². The molecule has 1 aromatic rings. The summed E-state index contributed by atoms with van der Waals surface area (Å²) in [6.07, 6.45) is 0.0370. The van der Waals surface area contributed by atoms with Crippen molar-refractivity contribution < 1.29 is 9.53 Å². The molecule has 5 nitrogen and oxygen atoms in total. The van der Waals surface area contributed by atoms with Crippen molar-refractivity contribution in [1.29, 1.82) is 0 Å². The van der Waals surface area contributed by atoms with Crippen LogP contribution in [-0.2, 0) is 4.74 Å². The first-order valence-electron chi connectivity index (χ1n) is 7.07. The maximum atomic E-state index is 12.3. The van der Waals surface area contributed by atoms with E-state index < -0.39 is 0 Å². The van der Waals surface area contributed by atoms with Crippen LogP contribution in [0.25, 0.3) is 0 Å². The molecule has 5 heteroatoms. The summed E-state index contributed by atoms with van der Waals surface area (Å²) in [7, 11) is 2.05. The van der Waals surface area contributed by atoms with Gasteiger partial charge >= 0.3 is 0 Å². The molecule has 1 heterocycles. The van der Waals surface area contributed by atoms with Gasteiger partial charge in [-0.2, -0.15) is 0 Å². The number of likely N-dealkylation sites (N-methyl/N-ethyl adjacent to an activating group) is 1. The average molecular weight is 287 g/mol. The summed E-state index contributed by atoms with van der Waals surface area (Å²) in [4.78, 5) is 14.5. The van der Waals surface area contributed by atoms with Gasteiger partial charge < -0.3 is 20.7 Å². The Morgan fingerprint density at radius 3 is 3.10 bits per heavy atom. The second-order valence-electron chi connectivity index (χ2n) is 5.02. The van der Waals surface area contributed by atoms with E-state index >= 15 is 0 Å². The summed E-state index contributed by atoms with van der Waals surface area (Å²) < 4.78 is 5.63. The Morgan fingerprint density at radius 1 is 1.52 bits per heavy atom. The lowest BCUT2D eigenvalue weighted by atomic mass is 10.1. The number of amides is 1. The Balaban J connectivity index is 1.97. The Labute approximate surface area is 125 Å². The van der Waals surface area contributed by atoms with Crippen LogP contribution in [0.4, 0.5) is 0 Å². The first-order valence-corrected chi connectivity index (χ1v) is 7.07. The molecule has 0 saturated carbocycles. The third-order valence-corrected chi connectivity index (χ3v) is 3.33. The van der Waals surface area contributed by atoms with Crippen molar-refractivity contribution in [3.05, 3.63) is 35.4 Å². The molecule has 0 aromatic heterocycles. The molecule has 1 amide bonds. The number of benzene rings is 1. The molecule has 1 unspecified atom stereocenters. The highest BCUT2D eigenvalue weighted by Crippen LogP contribution is 2.08. The predicted octanol–water partition coefficient (Wildman–Crippen LogP) is 0.0572. The molecule has 3 N–H and O–H groups in total. The zero-order valence-corrected chi connectivity index (χ0v) is 12.3. The Morgan fingerprint density at radius 2 is 2.33 bits per heavy atom. The van der Waals surface area contributed by atoms with E-state index in [9.17, 15) is 4.79 Å². The number of hydrogen-bond donors (Lipinski definition) is 2. The van der Waals surface area contributed by atoms with E-state index in [0.717, 1.165) is 13.1 Å². The van der Waals surface area contributed by atoms with Gasteiger partial charge in [0, 0.05) is 25.2 Å². The Kier molecular flexibility index (Phi) is 5.76. The van der Waals surface area contributed by atoms with Gasteiger partial charge in [0.15, 0.2) is 0 Å². The van der Waals surface area contributed by atoms with Gasteiger partial charge in [0.25, 0.3) is 5.91 Å². The summed E-state index contributed by atoms with van der Waals surface area (Å²) >= 11 is 0. The van der Waals surface area contributed by atoms with Crippen molar-refractivity contribution in [3.63, 3.8) is 0 Å². The third-order valence-electron chi connectivity index (χ3n) is 3.33. The summed E-state index contributed by atoms with van der Waals surface area (Å²) in [6, 6.07) is 7.27. The number of carbonyl (C=O) groups is 1. The quantitative estimate of drug-likeness (QED) is 0.771. The number of nitrogens with one attached hydrogen (secondary N) is 1. The zero-order chi connectivity index (χ0) is 15.1. The van der Waals surface area contributed by atoms with Crippen molar-refractivity contribution in [2.24, 2.45) is 5.73 Å². The largest absolute Gasteiger partial charge is 0.374 e. The lowest BCUT2D eigenvalue weighted by molar-refractivity contribution is -0.0175. The van der Waals surface area contributed by atoms with Gasteiger partial charge in [-0.25, -0.2) is 0 Å². The summed E-state index contributed by atoms with van der Waals surface area (Å²) in [5.41, 5.74) is 6.64. The summed E-state index contributed by atoms with van der Waals surface area (Å²) in [5.74, 6) is 5.57. The lowest BCUT2D eigenvalue weighted by Crippen LogP contribution is -2.46. The molecule has 0 spiro atoms. The minimum Gasteiger partial charge on any atom is -0.374 e. The second-order valence-corrected chi connectivity index (χ2v) is 5.02. The number of rotatable bonds is 3. The molecule has 0 bridgehead atoms. The van der Waals surface area contributed by atoms with Gasteiger partial charge in [0.1, 0.15) is 0 Å². The molecule has 1 aliphatic rings.